The fourth-order valence-electron chi connectivity index (χ4n) is 1.98. The predicted molar refractivity (Wildman–Crippen MR) is 82.3 cm³/mol. The van der Waals surface area contributed by atoms with Gasteiger partial charge in [0.1, 0.15) is 5.82 Å². The van der Waals surface area contributed by atoms with Crippen molar-refractivity contribution in [1.29, 1.82) is 0 Å². The monoisotopic (exact) mass is 280 g/mol. The summed E-state index contributed by atoms with van der Waals surface area (Å²) in [6.07, 6.45) is 3.91. The fraction of sp³-hybridized carbons (Fsp3) is 0.643. The Bertz CT molecular complexity index is 437. The topological polar surface area (TPSA) is 80.1 Å². The van der Waals surface area contributed by atoms with Gasteiger partial charge in [0.05, 0.1) is 4.92 Å². The molecule has 1 aromatic rings. The first kappa shape index (κ1) is 16.2. The molecule has 1 atom stereocenters. The summed E-state index contributed by atoms with van der Waals surface area (Å²) >= 11 is 0. The summed E-state index contributed by atoms with van der Waals surface area (Å²) in [5.74, 6) is 1.03. The van der Waals surface area contributed by atoms with E-state index in [1.54, 1.807) is 6.07 Å². The van der Waals surface area contributed by atoms with Gasteiger partial charge in [-0.25, -0.2) is 4.98 Å². The third-order valence-corrected chi connectivity index (χ3v) is 3.10. The molecular weight excluding hydrogens is 256 g/mol. The second-order valence-corrected chi connectivity index (χ2v) is 4.79. The van der Waals surface area contributed by atoms with Gasteiger partial charge in [0.2, 0.25) is 5.82 Å². The summed E-state index contributed by atoms with van der Waals surface area (Å²) in [5.41, 5.74) is 0.0293. The van der Waals surface area contributed by atoms with Crippen molar-refractivity contribution in [2.75, 3.05) is 17.2 Å². The molecule has 0 fully saturated rings. The highest BCUT2D eigenvalue weighted by molar-refractivity contribution is 5.60. The highest BCUT2D eigenvalue weighted by Crippen LogP contribution is 2.25. The Morgan fingerprint density at radius 1 is 1.30 bits per heavy atom. The van der Waals surface area contributed by atoms with Gasteiger partial charge in [-0.15, -0.1) is 0 Å². The Morgan fingerprint density at radius 2 is 2.05 bits per heavy atom. The van der Waals surface area contributed by atoms with E-state index in [2.05, 4.69) is 36.4 Å². The van der Waals surface area contributed by atoms with E-state index in [9.17, 15) is 10.1 Å². The molecule has 6 nitrogen and oxygen atoms in total. The van der Waals surface area contributed by atoms with E-state index in [-0.39, 0.29) is 11.7 Å². The van der Waals surface area contributed by atoms with Gasteiger partial charge < -0.3 is 10.6 Å². The molecule has 2 N–H and O–H groups in total. The molecule has 0 aromatic carbocycles. The quantitative estimate of drug-likeness (QED) is 0.531. The van der Waals surface area contributed by atoms with E-state index in [4.69, 9.17) is 0 Å². The lowest BCUT2D eigenvalue weighted by Crippen LogP contribution is -2.20. The van der Waals surface area contributed by atoms with Crippen LogP contribution in [0.25, 0.3) is 0 Å². The van der Waals surface area contributed by atoms with Crippen LogP contribution in [0, 0.1) is 10.1 Å². The number of anilines is 2. The van der Waals surface area contributed by atoms with Gasteiger partial charge in [-0.3, -0.25) is 10.1 Å². The first-order chi connectivity index (χ1) is 9.62. The largest absolute Gasteiger partial charge is 0.370 e. The molecule has 0 aliphatic rings. The number of rotatable bonds is 9. The van der Waals surface area contributed by atoms with Gasteiger partial charge >= 0.3 is 5.69 Å². The van der Waals surface area contributed by atoms with Crippen molar-refractivity contribution in [3.63, 3.8) is 0 Å². The summed E-state index contributed by atoms with van der Waals surface area (Å²) in [4.78, 5) is 15.0. The normalized spacial score (nSPS) is 11.9. The van der Waals surface area contributed by atoms with Gasteiger partial charge in [-0.2, -0.15) is 0 Å². The Labute approximate surface area is 120 Å². The third kappa shape index (κ3) is 4.68. The number of hydrogen-bond acceptors (Lipinski definition) is 5. The number of hydrogen-bond donors (Lipinski definition) is 2. The number of nitrogens with one attached hydrogen (secondary N) is 2. The molecule has 20 heavy (non-hydrogen) atoms. The molecular formula is C14H24N4O2. The average Bonchev–Trinajstić information content (AvgIpc) is 2.44. The first-order valence-corrected chi connectivity index (χ1v) is 7.28. The Kier molecular flexibility index (Phi) is 6.76. The van der Waals surface area contributed by atoms with Crippen LogP contribution in [0.3, 0.4) is 0 Å². The minimum Gasteiger partial charge on any atom is -0.370 e. The summed E-state index contributed by atoms with van der Waals surface area (Å²) in [7, 11) is 0. The van der Waals surface area contributed by atoms with Gasteiger partial charge in [0, 0.05) is 18.7 Å². The van der Waals surface area contributed by atoms with E-state index in [0.29, 0.717) is 11.6 Å². The molecule has 0 aliphatic heterocycles. The molecule has 0 saturated heterocycles. The minimum atomic E-state index is -0.391. The lowest BCUT2D eigenvalue weighted by molar-refractivity contribution is -0.384. The SMILES string of the molecule is CCCNc1ccc([N+](=O)[O-])c(NC(CC)CCC)n1. The minimum absolute atomic E-state index is 0.0293. The molecule has 0 bridgehead atoms. The van der Waals surface area contributed by atoms with Crippen molar-refractivity contribution in [3.8, 4) is 0 Å². The number of aromatic nitrogens is 1. The van der Waals surface area contributed by atoms with Gasteiger partial charge in [-0.1, -0.05) is 27.2 Å². The maximum Gasteiger partial charge on any atom is 0.311 e. The van der Waals surface area contributed by atoms with E-state index in [1.165, 1.54) is 6.07 Å². The van der Waals surface area contributed by atoms with Crippen molar-refractivity contribution in [2.45, 2.75) is 52.5 Å². The molecule has 1 rings (SSSR count). The van der Waals surface area contributed by atoms with Crippen LogP contribution in [-0.2, 0) is 0 Å². The number of nitro groups is 1. The molecule has 0 amide bonds. The number of pyridine rings is 1. The highest BCUT2D eigenvalue weighted by Gasteiger charge is 2.18. The van der Waals surface area contributed by atoms with Gasteiger partial charge in [-0.05, 0) is 25.3 Å². The maximum absolute atomic E-state index is 11.1. The van der Waals surface area contributed by atoms with E-state index < -0.39 is 4.92 Å². The van der Waals surface area contributed by atoms with Crippen LogP contribution in [0.15, 0.2) is 12.1 Å². The molecule has 0 spiro atoms. The third-order valence-electron chi connectivity index (χ3n) is 3.10. The van der Waals surface area contributed by atoms with Crippen molar-refractivity contribution < 1.29 is 4.92 Å². The Hall–Kier alpha value is -1.85. The second-order valence-electron chi connectivity index (χ2n) is 4.79. The van der Waals surface area contributed by atoms with Crippen molar-refractivity contribution in [1.82, 2.24) is 4.98 Å². The zero-order valence-electron chi connectivity index (χ0n) is 12.5. The van der Waals surface area contributed by atoms with E-state index in [0.717, 1.165) is 32.2 Å². The molecule has 0 saturated carbocycles. The first-order valence-electron chi connectivity index (χ1n) is 7.28. The average molecular weight is 280 g/mol. The molecule has 112 valence electrons. The molecule has 6 heteroatoms. The molecule has 1 unspecified atom stereocenters. The fourth-order valence-corrected chi connectivity index (χ4v) is 1.98. The molecule has 0 aliphatic carbocycles. The summed E-state index contributed by atoms with van der Waals surface area (Å²) in [6.45, 7) is 7.03. The lowest BCUT2D eigenvalue weighted by atomic mass is 10.1. The van der Waals surface area contributed by atoms with Crippen LogP contribution in [0.2, 0.25) is 0 Å². The Balaban J connectivity index is 2.95. The van der Waals surface area contributed by atoms with Crippen LogP contribution in [0.4, 0.5) is 17.3 Å². The van der Waals surface area contributed by atoms with Crippen LogP contribution in [0.1, 0.15) is 46.5 Å². The molecule has 1 heterocycles. The van der Waals surface area contributed by atoms with E-state index >= 15 is 0 Å². The zero-order chi connectivity index (χ0) is 15.0. The summed E-state index contributed by atoms with van der Waals surface area (Å²) in [5, 5.41) is 17.4. The van der Waals surface area contributed by atoms with Crippen LogP contribution < -0.4 is 10.6 Å². The van der Waals surface area contributed by atoms with E-state index in [1.807, 2.05) is 0 Å². The maximum atomic E-state index is 11.1. The molecule has 1 aromatic heterocycles. The smallest absolute Gasteiger partial charge is 0.311 e. The lowest BCUT2D eigenvalue weighted by Gasteiger charge is -2.17. The van der Waals surface area contributed by atoms with Crippen molar-refractivity contribution >= 4 is 17.3 Å². The zero-order valence-corrected chi connectivity index (χ0v) is 12.5. The number of nitrogens with zero attached hydrogens (tertiary/aromatic N) is 2. The highest BCUT2D eigenvalue weighted by atomic mass is 16.6. The van der Waals surface area contributed by atoms with Crippen molar-refractivity contribution in [2.24, 2.45) is 0 Å². The van der Waals surface area contributed by atoms with Crippen LogP contribution in [0.5, 0.6) is 0 Å². The Morgan fingerprint density at radius 3 is 2.60 bits per heavy atom. The van der Waals surface area contributed by atoms with Crippen LogP contribution in [-0.4, -0.2) is 22.5 Å². The standard InChI is InChI=1S/C14H24N4O2/c1-4-7-11(6-3)16-14-12(18(19)20)8-9-13(17-14)15-10-5-2/h8-9,11H,4-7,10H2,1-3H3,(H2,15,16,17). The summed E-state index contributed by atoms with van der Waals surface area (Å²) < 4.78 is 0. The summed E-state index contributed by atoms with van der Waals surface area (Å²) in [6, 6.07) is 3.37. The predicted octanol–water partition coefficient (Wildman–Crippen LogP) is 3.80. The second kappa shape index (κ2) is 8.35. The molecule has 0 radical (unpaired) electrons. The van der Waals surface area contributed by atoms with Crippen LogP contribution >= 0.6 is 0 Å². The van der Waals surface area contributed by atoms with Crippen molar-refractivity contribution in [3.05, 3.63) is 22.2 Å². The van der Waals surface area contributed by atoms with Gasteiger partial charge in [0.15, 0.2) is 0 Å². The van der Waals surface area contributed by atoms with Gasteiger partial charge in [0.25, 0.3) is 0 Å².